The summed E-state index contributed by atoms with van der Waals surface area (Å²) < 4.78 is 39.4. The van der Waals surface area contributed by atoms with Crippen molar-refractivity contribution in [3.8, 4) is 0 Å². The third-order valence-electron chi connectivity index (χ3n) is 1.43. The van der Waals surface area contributed by atoms with E-state index in [4.69, 9.17) is 5.11 Å². The Morgan fingerprint density at radius 1 is 1.54 bits per heavy atom. The molecule has 0 bridgehead atoms. The van der Waals surface area contributed by atoms with Gasteiger partial charge in [0.25, 0.3) is 0 Å². The van der Waals surface area contributed by atoms with Gasteiger partial charge < -0.3 is 9.84 Å². The maximum atomic E-state index is 11.7. The molecule has 0 aromatic rings. The van der Waals surface area contributed by atoms with Gasteiger partial charge in [0.05, 0.1) is 6.10 Å². The zero-order valence-electron chi connectivity index (χ0n) is 7.26. The predicted octanol–water partition coefficient (Wildman–Crippen LogP) is 1.25. The minimum absolute atomic E-state index is 0.399. The van der Waals surface area contributed by atoms with Gasteiger partial charge >= 0.3 is 12.1 Å². The van der Waals surface area contributed by atoms with E-state index in [1.165, 1.54) is 6.92 Å². The van der Waals surface area contributed by atoms with Gasteiger partial charge in [-0.05, 0) is 13.3 Å². The molecule has 0 aliphatic carbocycles. The minimum atomic E-state index is -4.95. The molecule has 0 fully saturated rings. The van der Waals surface area contributed by atoms with Crippen LogP contribution in [0.3, 0.4) is 0 Å². The number of carbonyl (C=O) groups excluding carboxylic acids is 1. The Morgan fingerprint density at radius 2 is 2.00 bits per heavy atom. The molecule has 0 aliphatic heterocycles. The van der Waals surface area contributed by atoms with E-state index < -0.39 is 24.4 Å². The molecule has 13 heavy (non-hydrogen) atoms. The molecule has 1 N–H and O–H groups in total. The van der Waals surface area contributed by atoms with Gasteiger partial charge in [0.15, 0.2) is 0 Å². The fourth-order valence-corrected chi connectivity index (χ4v) is 0.480. The number of hydrogen-bond donors (Lipinski definition) is 1. The molecule has 0 saturated carbocycles. The molecular weight excluding hydrogens is 189 g/mol. The summed E-state index contributed by atoms with van der Waals surface area (Å²) in [7, 11) is 0. The first-order valence-electron chi connectivity index (χ1n) is 3.74. The summed E-state index contributed by atoms with van der Waals surface area (Å²) >= 11 is 0. The van der Waals surface area contributed by atoms with E-state index in [1.807, 2.05) is 0 Å². The first kappa shape index (κ1) is 12.2. The molecule has 0 heterocycles. The standard InChI is InChI=1S/C7H11F3O3/c1-3-4(2)13-6(12)5(11)7(8,9)10/h4-5,11H,3H2,1-2H3/t4?,5-/m0/s1. The molecule has 0 aromatic carbocycles. The summed E-state index contributed by atoms with van der Waals surface area (Å²) in [6.45, 7) is 3.10. The van der Waals surface area contributed by atoms with Gasteiger partial charge in [-0.15, -0.1) is 0 Å². The normalized spacial score (nSPS) is 16.5. The average Bonchev–Trinajstić information content (AvgIpc) is 2.01. The van der Waals surface area contributed by atoms with E-state index in [9.17, 15) is 18.0 Å². The Kier molecular flexibility index (Phi) is 4.19. The lowest BCUT2D eigenvalue weighted by Gasteiger charge is -2.16. The Labute approximate surface area is 73.5 Å². The minimum Gasteiger partial charge on any atom is -0.461 e. The maximum Gasteiger partial charge on any atom is 0.425 e. The summed E-state index contributed by atoms with van der Waals surface area (Å²) in [6.07, 6.45) is -8.22. The van der Waals surface area contributed by atoms with Crippen LogP contribution >= 0.6 is 0 Å². The molecule has 0 aliphatic rings. The molecule has 78 valence electrons. The first-order chi connectivity index (χ1) is 5.79. The van der Waals surface area contributed by atoms with Crippen LogP contribution in [0.25, 0.3) is 0 Å². The Balaban J connectivity index is 4.12. The molecule has 6 heteroatoms. The van der Waals surface area contributed by atoms with Crippen molar-refractivity contribution in [2.24, 2.45) is 0 Å². The van der Waals surface area contributed by atoms with Gasteiger partial charge in [0.1, 0.15) is 0 Å². The Hall–Kier alpha value is -0.780. The van der Waals surface area contributed by atoms with E-state index >= 15 is 0 Å². The maximum absolute atomic E-state index is 11.7. The molecule has 0 saturated heterocycles. The van der Waals surface area contributed by atoms with E-state index in [0.29, 0.717) is 6.42 Å². The number of ether oxygens (including phenoxy) is 1. The van der Waals surface area contributed by atoms with Crippen molar-refractivity contribution in [1.82, 2.24) is 0 Å². The van der Waals surface area contributed by atoms with Crippen molar-refractivity contribution >= 4 is 5.97 Å². The van der Waals surface area contributed by atoms with Crippen molar-refractivity contribution in [2.75, 3.05) is 0 Å². The number of carbonyl (C=O) groups is 1. The lowest BCUT2D eigenvalue weighted by molar-refractivity contribution is -0.220. The Morgan fingerprint density at radius 3 is 2.31 bits per heavy atom. The van der Waals surface area contributed by atoms with Crippen LogP contribution in [0.2, 0.25) is 0 Å². The molecule has 3 nitrogen and oxygen atoms in total. The van der Waals surface area contributed by atoms with Gasteiger partial charge in [-0.2, -0.15) is 13.2 Å². The largest absolute Gasteiger partial charge is 0.461 e. The van der Waals surface area contributed by atoms with Crippen molar-refractivity contribution in [3.63, 3.8) is 0 Å². The summed E-state index contributed by atoms with van der Waals surface area (Å²) in [5.41, 5.74) is 0. The van der Waals surface area contributed by atoms with Crippen LogP contribution in [0, 0.1) is 0 Å². The van der Waals surface area contributed by atoms with Crippen LogP contribution in [0.5, 0.6) is 0 Å². The second kappa shape index (κ2) is 4.45. The van der Waals surface area contributed by atoms with Crippen molar-refractivity contribution in [1.29, 1.82) is 0 Å². The van der Waals surface area contributed by atoms with Crippen LogP contribution in [0.15, 0.2) is 0 Å². The lowest BCUT2D eigenvalue weighted by Crippen LogP contribution is -2.38. The van der Waals surface area contributed by atoms with Gasteiger partial charge in [-0.25, -0.2) is 4.79 Å². The van der Waals surface area contributed by atoms with E-state index in [2.05, 4.69) is 4.74 Å². The lowest BCUT2D eigenvalue weighted by atomic mass is 10.3. The average molecular weight is 200 g/mol. The summed E-state index contributed by atoms with van der Waals surface area (Å²) in [5.74, 6) is -1.65. The monoisotopic (exact) mass is 200 g/mol. The molecule has 0 radical (unpaired) electrons. The smallest absolute Gasteiger partial charge is 0.425 e. The van der Waals surface area contributed by atoms with Gasteiger partial charge in [-0.1, -0.05) is 6.92 Å². The Bertz CT molecular complexity index is 178. The molecule has 0 aromatic heterocycles. The fraction of sp³-hybridized carbons (Fsp3) is 0.857. The number of hydrogen-bond acceptors (Lipinski definition) is 3. The topological polar surface area (TPSA) is 46.5 Å². The number of rotatable bonds is 3. The summed E-state index contributed by atoms with van der Waals surface area (Å²) in [4.78, 5) is 10.6. The molecular formula is C7H11F3O3. The van der Waals surface area contributed by atoms with Crippen LogP contribution in [-0.2, 0) is 9.53 Å². The van der Waals surface area contributed by atoms with Crippen LogP contribution < -0.4 is 0 Å². The fourth-order valence-electron chi connectivity index (χ4n) is 0.480. The molecule has 0 spiro atoms. The van der Waals surface area contributed by atoms with Crippen LogP contribution in [0.4, 0.5) is 13.2 Å². The quantitative estimate of drug-likeness (QED) is 0.697. The van der Waals surface area contributed by atoms with Gasteiger partial charge in [-0.3, -0.25) is 0 Å². The second-order valence-electron chi connectivity index (χ2n) is 2.60. The van der Waals surface area contributed by atoms with Gasteiger partial charge in [0, 0.05) is 0 Å². The van der Waals surface area contributed by atoms with Crippen molar-refractivity contribution in [2.45, 2.75) is 38.7 Å². The third-order valence-corrected chi connectivity index (χ3v) is 1.43. The van der Waals surface area contributed by atoms with E-state index in [1.54, 1.807) is 6.92 Å². The van der Waals surface area contributed by atoms with Crippen molar-refractivity contribution in [3.05, 3.63) is 0 Å². The zero-order chi connectivity index (χ0) is 10.6. The highest BCUT2D eigenvalue weighted by atomic mass is 19.4. The molecule has 0 amide bonds. The molecule has 1 unspecified atom stereocenters. The van der Waals surface area contributed by atoms with E-state index in [-0.39, 0.29) is 0 Å². The number of halogens is 3. The van der Waals surface area contributed by atoms with E-state index in [0.717, 1.165) is 0 Å². The highest BCUT2D eigenvalue weighted by Gasteiger charge is 2.45. The zero-order valence-corrected chi connectivity index (χ0v) is 7.26. The number of aliphatic hydroxyl groups is 1. The first-order valence-corrected chi connectivity index (χ1v) is 3.74. The van der Waals surface area contributed by atoms with Gasteiger partial charge in [0.2, 0.25) is 6.10 Å². The molecule has 2 atom stereocenters. The highest BCUT2D eigenvalue weighted by molar-refractivity contribution is 5.75. The van der Waals surface area contributed by atoms with Crippen molar-refractivity contribution < 1.29 is 27.8 Å². The summed E-state index contributed by atoms with van der Waals surface area (Å²) in [5, 5.41) is 8.40. The predicted molar refractivity (Wildman–Crippen MR) is 37.9 cm³/mol. The number of esters is 1. The summed E-state index contributed by atoms with van der Waals surface area (Å²) in [6, 6.07) is 0. The third kappa shape index (κ3) is 4.12. The number of alkyl halides is 3. The SMILES string of the molecule is CCC(C)OC(=O)[C@H](O)C(F)(F)F. The number of aliphatic hydroxyl groups excluding tert-OH is 1. The van der Waals surface area contributed by atoms with Crippen LogP contribution in [0.1, 0.15) is 20.3 Å². The van der Waals surface area contributed by atoms with Crippen LogP contribution in [-0.4, -0.2) is 29.5 Å². The highest BCUT2D eigenvalue weighted by Crippen LogP contribution is 2.21. The second-order valence-corrected chi connectivity index (χ2v) is 2.60. The molecule has 0 rings (SSSR count).